The lowest BCUT2D eigenvalue weighted by Crippen LogP contribution is -2.28. The number of thiophene rings is 1. The van der Waals surface area contributed by atoms with Crippen molar-refractivity contribution in [2.75, 3.05) is 0 Å². The summed E-state index contributed by atoms with van der Waals surface area (Å²) in [4.78, 5) is 7.26. The van der Waals surface area contributed by atoms with Crippen molar-refractivity contribution >= 4 is 22.9 Å². The lowest BCUT2D eigenvalue weighted by atomic mass is 9.95. The molecule has 1 unspecified atom stereocenters. The van der Waals surface area contributed by atoms with Crippen LogP contribution in [0.25, 0.3) is 0 Å². The Labute approximate surface area is 111 Å². The number of hydrogen-bond donors (Lipinski definition) is 1. The molecule has 0 saturated heterocycles. The Morgan fingerprint density at radius 2 is 2.06 bits per heavy atom. The summed E-state index contributed by atoms with van der Waals surface area (Å²) < 4.78 is 0.907. The summed E-state index contributed by atoms with van der Waals surface area (Å²) in [5.74, 6) is 0. The molecule has 3 rings (SSSR count). The van der Waals surface area contributed by atoms with Crippen LogP contribution in [0.3, 0.4) is 0 Å². The summed E-state index contributed by atoms with van der Waals surface area (Å²) in [6, 6.07) is 2.46. The highest BCUT2D eigenvalue weighted by molar-refractivity contribution is 7.16. The van der Waals surface area contributed by atoms with Crippen LogP contribution in [-0.2, 0) is 11.3 Å². The Bertz CT molecular complexity index is 387. The third-order valence-corrected chi connectivity index (χ3v) is 5.10. The van der Waals surface area contributed by atoms with E-state index in [-0.39, 0.29) is 0 Å². The van der Waals surface area contributed by atoms with Crippen molar-refractivity contribution in [1.82, 2.24) is 5.48 Å². The molecule has 4 heteroatoms. The van der Waals surface area contributed by atoms with Crippen molar-refractivity contribution in [1.29, 1.82) is 0 Å². The molecular formula is C13H18ClNOS. The van der Waals surface area contributed by atoms with Gasteiger partial charge in [0.05, 0.1) is 16.5 Å². The number of hydrogen-bond acceptors (Lipinski definition) is 3. The Balaban J connectivity index is 1.63. The van der Waals surface area contributed by atoms with E-state index in [1.165, 1.54) is 49.0 Å². The average Bonchev–Trinajstić information content (AvgIpc) is 2.93. The van der Waals surface area contributed by atoms with Gasteiger partial charge < -0.3 is 0 Å². The van der Waals surface area contributed by atoms with Crippen molar-refractivity contribution in [3.05, 3.63) is 20.8 Å². The Hall–Kier alpha value is -0.0900. The standard InChI is InChI=1S/C13H18ClNOS/c14-13-8-10-11(6-3-7-12(10)17-13)15-16-9-4-1-2-5-9/h8-9,11,15H,1-7H2. The van der Waals surface area contributed by atoms with E-state index >= 15 is 0 Å². The highest BCUT2D eigenvalue weighted by Crippen LogP contribution is 2.38. The maximum atomic E-state index is 6.09. The molecule has 0 amide bonds. The summed E-state index contributed by atoms with van der Waals surface area (Å²) >= 11 is 7.82. The normalized spacial score (nSPS) is 25.1. The number of halogens is 1. The predicted molar refractivity (Wildman–Crippen MR) is 71.5 cm³/mol. The van der Waals surface area contributed by atoms with Gasteiger partial charge in [0.1, 0.15) is 0 Å². The van der Waals surface area contributed by atoms with Crippen LogP contribution in [0.5, 0.6) is 0 Å². The van der Waals surface area contributed by atoms with E-state index in [1.807, 2.05) is 0 Å². The van der Waals surface area contributed by atoms with Crippen molar-refractivity contribution in [2.45, 2.75) is 57.1 Å². The number of aryl methyl sites for hydroxylation is 1. The van der Waals surface area contributed by atoms with Crippen LogP contribution >= 0.6 is 22.9 Å². The SMILES string of the molecule is Clc1cc2c(s1)CCCC2NOC1CCCC1. The molecule has 2 nitrogen and oxygen atoms in total. The van der Waals surface area contributed by atoms with E-state index in [9.17, 15) is 0 Å². The zero-order valence-electron chi connectivity index (χ0n) is 9.88. The third kappa shape index (κ3) is 2.68. The third-order valence-electron chi connectivity index (χ3n) is 3.76. The van der Waals surface area contributed by atoms with Gasteiger partial charge in [0.15, 0.2) is 0 Å². The van der Waals surface area contributed by atoms with Crippen LogP contribution < -0.4 is 5.48 Å². The number of nitrogens with one attached hydrogen (secondary N) is 1. The van der Waals surface area contributed by atoms with Gasteiger partial charge in [-0.2, -0.15) is 5.48 Å². The van der Waals surface area contributed by atoms with Gasteiger partial charge in [-0.15, -0.1) is 11.3 Å². The topological polar surface area (TPSA) is 21.3 Å². The molecular weight excluding hydrogens is 254 g/mol. The smallest absolute Gasteiger partial charge is 0.0934 e. The molecule has 0 aromatic carbocycles. The molecule has 1 saturated carbocycles. The van der Waals surface area contributed by atoms with Gasteiger partial charge in [-0.3, -0.25) is 4.84 Å². The quantitative estimate of drug-likeness (QED) is 0.830. The minimum absolute atomic E-state index is 0.350. The number of fused-ring (bicyclic) bond motifs is 1. The van der Waals surface area contributed by atoms with Crippen LogP contribution in [0, 0.1) is 0 Å². The van der Waals surface area contributed by atoms with Crippen molar-refractivity contribution in [3.63, 3.8) is 0 Å². The Morgan fingerprint density at radius 3 is 2.88 bits per heavy atom. The van der Waals surface area contributed by atoms with E-state index in [0.717, 1.165) is 10.8 Å². The predicted octanol–water partition coefficient (Wildman–Crippen LogP) is 4.24. The molecule has 1 atom stereocenters. The first-order valence-electron chi connectivity index (χ1n) is 6.52. The highest BCUT2D eigenvalue weighted by atomic mass is 35.5. The minimum Gasteiger partial charge on any atom is -0.298 e. The zero-order valence-corrected chi connectivity index (χ0v) is 11.4. The molecule has 1 aromatic heterocycles. The summed E-state index contributed by atoms with van der Waals surface area (Å²) in [5, 5.41) is 0. The summed E-state index contributed by atoms with van der Waals surface area (Å²) in [7, 11) is 0. The van der Waals surface area contributed by atoms with Gasteiger partial charge in [0.2, 0.25) is 0 Å². The lowest BCUT2D eigenvalue weighted by molar-refractivity contribution is -0.0435. The second-order valence-electron chi connectivity index (χ2n) is 5.02. The van der Waals surface area contributed by atoms with Crippen molar-refractivity contribution in [2.24, 2.45) is 0 Å². The fourth-order valence-electron chi connectivity index (χ4n) is 2.83. The van der Waals surface area contributed by atoms with E-state index in [2.05, 4.69) is 11.5 Å². The summed E-state index contributed by atoms with van der Waals surface area (Å²) in [5.41, 5.74) is 4.65. The van der Waals surface area contributed by atoms with Gasteiger partial charge in [0.25, 0.3) is 0 Å². The van der Waals surface area contributed by atoms with E-state index in [4.69, 9.17) is 16.4 Å². The fourth-order valence-corrected chi connectivity index (χ4v) is 4.21. The molecule has 2 aliphatic rings. The number of rotatable bonds is 3. The van der Waals surface area contributed by atoms with Gasteiger partial charge in [-0.1, -0.05) is 24.4 Å². The van der Waals surface area contributed by atoms with E-state index in [0.29, 0.717) is 12.1 Å². The first-order valence-corrected chi connectivity index (χ1v) is 7.71. The second-order valence-corrected chi connectivity index (χ2v) is 6.78. The van der Waals surface area contributed by atoms with Gasteiger partial charge in [-0.25, -0.2) is 0 Å². The van der Waals surface area contributed by atoms with Gasteiger partial charge >= 0.3 is 0 Å². The Morgan fingerprint density at radius 1 is 1.24 bits per heavy atom. The minimum atomic E-state index is 0.350. The van der Waals surface area contributed by atoms with Crippen molar-refractivity contribution in [3.8, 4) is 0 Å². The fraction of sp³-hybridized carbons (Fsp3) is 0.692. The molecule has 94 valence electrons. The van der Waals surface area contributed by atoms with E-state index < -0.39 is 0 Å². The molecule has 0 bridgehead atoms. The largest absolute Gasteiger partial charge is 0.298 e. The van der Waals surface area contributed by atoms with Crippen LogP contribution in [0.15, 0.2) is 6.07 Å². The molecule has 0 aliphatic heterocycles. The lowest BCUT2D eigenvalue weighted by Gasteiger charge is -2.24. The van der Waals surface area contributed by atoms with Crippen LogP contribution in [0.4, 0.5) is 0 Å². The van der Waals surface area contributed by atoms with Crippen molar-refractivity contribution < 1.29 is 4.84 Å². The summed E-state index contributed by atoms with van der Waals surface area (Å²) in [6.07, 6.45) is 9.03. The molecule has 1 aromatic rings. The highest BCUT2D eigenvalue weighted by Gasteiger charge is 2.24. The first kappa shape index (κ1) is 12.0. The van der Waals surface area contributed by atoms with Gasteiger partial charge in [-0.05, 0) is 43.7 Å². The Kier molecular flexibility index (Phi) is 3.71. The first-order chi connectivity index (χ1) is 8.33. The molecule has 17 heavy (non-hydrogen) atoms. The molecule has 2 aliphatic carbocycles. The number of hydroxylamine groups is 1. The molecule has 0 spiro atoms. The molecule has 1 heterocycles. The zero-order chi connectivity index (χ0) is 11.7. The van der Waals surface area contributed by atoms with Gasteiger partial charge in [0, 0.05) is 4.88 Å². The molecule has 1 N–H and O–H groups in total. The van der Waals surface area contributed by atoms with Crippen LogP contribution in [-0.4, -0.2) is 6.10 Å². The van der Waals surface area contributed by atoms with Crippen LogP contribution in [0.2, 0.25) is 4.34 Å². The average molecular weight is 272 g/mol. The van der Waals surface area contributed by atoms with E-state index in [1.54, 1.807) is 11.3 Å². The molecule has 1 fully saturated rings. The second kappa shape index (κ2) is 5.27. The monoisotopic (exact) mass is 271 g/mol. The summed E-state index contributed by atoms with van der Waals surface area (Å²) in [6.45, 7) is 0. The van der Waals surface area contributed by atoms with Crippen LogP contribution in [0.1, 0.15) is 55.0 Å². The maximum Gasteiger partial charge on any atom is 0.0934 e. The molecule has 0 radical (unpaired) electrons. The maximum absolute atomic E-state index is 6.09.